The first-order valence-corrected chi connectivity index (χ1v) is 8.35. The number of nitrogens with one attached hydrogen (secondary N) is 1. The van der Waals surface area contributed by atoms with Crippen LogP contribution in [0.15, 0.2) is 24.3 Å². The van der Waals surface area contributed by atoms with Crippen molar-refractivity contribution in [2.75, 3.05) is 26.4 Å². The third kappa shape index (κ3) is 7.49. The van der Waals surface area contributed by atoms with E-state index in [1.165, 1.54) is 18.4 Å². The van der Waals surface area contributed by atoms with E-state index in [4.69, 9.17) is 9.47 Å². The van der Waals surface area contributed by atoms with Crippen molar-refractivity contribution in [3.63, 3.8) is 0 Å². The molecule has 0 aliphatic rings. The molecule has 120 valence electrons. The molecule has 0 radical (unpaired) electrons. The molecule has 1 aromatic carbocycles. The van der Waals surface area contributed by atoms with Crippen LogP contribution in [-0.2, 0) is 4.74 Å². The van der Waals surface area contributed by atoms with Gasteiger partial charge in [-0.25, -0.2) is 0 Å². The number of likely N-dealkylation sites (N-methyl/N-ethyl adjacent to an activating group) is 1. The van der Waals surface area contributed by atoms with Gasteiger partial charge in [-0.15, -0.1) is 0 Å². The van der Waals surface area contributed by atoms with E-state index in [0.29, 0.717) is 0 Å². The molecule has 1 rings (SSSR count). The molecule has 0 heterocycles. The minimum Gasteiger partial charge on any atom is -0.494 e. The van der Waals surface area contributed by atoms with Gasteiger partial charge in [0.25, 0.3) is 0 Å². The molecular formula is C18H31NO2. The number of hydrogen-bond acceptors (Lipinski definition) is 3. The smallest absolute Gasteiger partial charge is 0.119 e. The Morgan fingerprint density at radius 1 is 0.952 bits per heavy atom. The highest BCUT2D eigenvalue weighted by atomic mass is 16.5. The van der Waals surface area contributed by atoms with Gasteiger partial charge in [0, 0.05) is 6.61 Å². The number of benzene rings is 1. The minimum atomic E-state index is 0.261. The van der Waals surface area contributed by atoms with Crippen LogP contribution in [0.4, 0.5) is 0 Å². The SMILES string of the molecule is CCCCCOCC(NCC)c1ccc(OCCC)cc1. The average molecular weight is 293 g/mol. The number of unbranched alkanes of at least 4 members (excludes halogenated alkanes) is 2. The van der Waals surface area contributed by atoms with Crippen LogP contribution in [0.1, 0.15) is 58.1 Å². The fourth-order valence-electron chi connectivity index (χ4n) is 2.19. The molecule has 0 aliphatic carbocycles. The van der Waals surface area contributed by atoms with Crippen LogP contribution in [0.5, 0.6) is 5.75 Å². The highest BCUT2D eigenvalue weighted by molar-refractivity contribution is 5.29. The quantitative estimate of drug-likeness (QED) is 0.582. The molecule has 0 fully saturated rings. The molecule has 1 unspecified atom stereocenters. The van der Waals surface area contributed by atoms with E-state index in [0.717, 1.165) is 45.0 Å². The zero-order valence-electron chi connectivity index (χ0n) is 13.9. The Labute approximate surface area is 130 Å². The van der Waals surface area contributed by atoms with E-state index in [2.05, 4.69) is 38.2 Å². The molecule has 0 saturated heterocycles. The maximum atomic E-state index is 5.81. The Morgan fingerprint density at radius 2 is 1.71 bits per heavy atom. The standard InChI is InChI=1S/C18H31NO2/c1-4-7-8-14-20-15-18(19-6-3)16-9-11-17(12-10-16)21-13-5-2/h9-12,18-19H,4-8,13-15H2,1-3H3. The minimum absolute atomic E-state index is 0.261. The Kier molecular flexibility index (Phi) is 9.92. The summed E-state index contributed by atoms with van der Waals surface area (Å²) >= 11 is 0. The summed E-state index contributed by atoms with van der Waals surface area (Å²) in [5.74, 6) is 0.944. The summed E-state index contributed by atoms with van der Waals surface area (Å²) in [6, 6.07) is 8.62. The van der Waals surface area contributed by atoms with E-state index >= 15 is 0 Å². The highest BCUT2D eigenvalue weighted by Gasteiger charge is 2.10. The zero-order valence-corrected chi connectivity index (χ0v) is 13.9. The van der Waals surface area contributed by atoms with Crippen molar-refractivity contribution in [2.24, 2.45) is 0 Å². The Morgan fingerprint density at radius 3 is 2.33 bits per heavy atom. The predicted octanol–water partition coefficient (Wildman–Crippen LogP) is 4.33. The average Bonchev–Trinajstić information content (AvgIpc) is 2.52. The van der Waals surface area contributed by atoms with Gasteiger partial charge in [0.1, 0.15) is 5.75 Å². The fourth-order valence-corrected chi connectivity index (χ4v) is 2.19. The normalized spacial score (nSPS) is 12.3. The van der Waals surface area contributed by atoms with Gasteiger partial charge in [-0.05, 0) is 37.1 Å². The second-order valence-electron chi connectivity index (χ2n) is 5.31. The number of ether oxygens (including phenoxy) is 2. The van der Waals surface area contributed by atoms with E-state index in [-0.39, 0.29) is 6.04 Å². The van der Waals surface area contributed by atoms with Gasteiger partial charge in [0.2, 0.25) is 0 Å². The molecule has 0 aliphatic heterocycles. The monoisotopic (exact) mass is 293 g/mol. The van der Waals surface area contributed by atoms with Crippen molar-refractivity contribution < 1.29 is 9.47 Å². The summed E-state index contributed by atoms with van der Waals surface area (Å²) in [5.41, 5.74) is 1.26. The molecule has 0 bridgehead atoms. The maximum absolute atomic E-state index is 5.81. The lowest BCUT2D eigenvalue weighted by Gasteiger charge is -2.19. The zero-order chi connectivity index (χ0) is 15.3. The molecule has 3 nitrogen and oxygen atoms in total. The number of rotatable bonds is 12. The van der Waals surface area contributed by atoms with Crippen molar-refractivity contribution in [3.05, 3.63) is 29.8 Å². The first-order valence-electron chi connectivity index (χ1n) is 8.35. The summed E-state index contributed by atoms with van der Waals surface area (Å²) in [4.78, 5) is 0. The van der Waals surface area contributed by atoms with Crippen LogP contribution in [0.2, 0.25) is 0 Å². The van der Waals surface area contributed by atoms with Crippen molar-refractivity contribution >= 4 is 0 Å². The van der Waals surface area contributed by atoms with Gasteiger partial charge < -0.3 is 14.8 Å². The Balaban J connectivity index is 2.46. The lowest BCUT2D eigenvalue weighted by atomic mass is 10.1. The molecular weight excluding hydrogens is 262 g/mol. The molecule has 0 spiro atoms. The Hall–Kier alpha value is -1.06. The third-order valence-corrected chi connectivity index (χ3v) is 3.38. The van der Waals surface area contributed by atoms with E-state index in [1.807, 2.05) is 12.1 Å². The molecule has 1 aromatic rings. The topological polar surface area (TPSA) is 30.5 Å². The van der Waals surface area contributed by atoms with Crippen LogP contribution in [0.3, 0.4) is 0 Å². The third-order valence-electron chi connectivity index (χ3n) is 3.38. The lowest BCUT2D eigenvalue weighted by molar-refractivity contribution is 0.108. The van der Waals surface area contributed by atoms with Crippen LogP contribution < -0.4 is 10.1 Å². The van der Waals surface area contributed by atoms with Crippen molar-refractivity contribution in [3.8, 4) is 5.75 Å². The summed E-state index contributed by atoms with van der Waals surface area (Å²) < 4.78 is 11.4. The first kappa shape index (κ1) is 18.0. The molecule has 0 amide bonds. The molecule has 1 atom stereocenters. The van der Waals surface area contributed by atoms with Crippen LogP contribution in [0.25, 0.3) is 0 Å². The molecule has 1 N–H and O–H groups in total. The summed E-state index contributed by atoms with van der Waals surface area (Å²) in [6.07, 6.45) is 4.67. The van der Waals surface area contributed by atoms with Gasteiger partial charge in [-0.2, -0.15) is 0 Å². The fraction of sp³-hybridized carbons (Fsp3) is 0.667. The number of hydrogen-bond donors (Lipinski definition) is 1. The second kappa shape index (κ2) is 11.6. The van der Waals surface area contributed by atoms with Gasteiger partial charge in [0.15, 0.2) is 0 Å². The van der Waals surface area contributed by atoms with Gasteiger partial charge >= 0.3 is 0 Å². The van der Waals surface area contributed by atoms with Crippen LogP contribution in [0, 0.1) is 0 Å². The molecule has 0 saturated carbocycles. The van der Waals surface area contributed by atoms with Gasteiger partial charge in [-0.3, -0.25) is 0 Å². The van der Waals surface area contributed by atoms with E-state index < -0.39 is 0 Å². The molecule has 21 heavy (non-hydrogen) atoms. The van der Waals surface area contributed by atoms with Crippen molar-refractivity contribution in [2.45, 2.75) is 52.5 Å². The second-order valence-corrected chi connectivity index (χ2v) is 5.31. The molecule has 3 heteroatoms. The van der Waals surface area contributed by atoms with Crippen molar-refractivity contribution in [1.29, 1.82) is 0 Å². The first-order chi connectivity index (χ1) is 10.3. The van der Waals surface area contributed by atoms with Crippen LogP contribution in [-0.4, -0.2) is 26.4 Å². The lowest BCUT2D eigenvalue weighted by Crippen LogP contribution is -2.25. The predicted molar refractivity (Wildman–Crippen MR) is 89.0 cm³/mol. The maximum Gasteiger partial charge on any atom is 0.119 e. The van der Waals surface area contributed by atoms with Gasteiger partial charge in [-0.1, -0.05) is 45.7 Å². The summed E-state index contributed by atoms with van der Waals surface area (Å²) in [7, 11) is 0. The van der Waals surface area contributed by atoms with Gasteiger partial charge in [0.05, 0.1) is 19.3 Å². The van der Waals surface area contributed by atoms with Crippen LogP contribution >= 0.6 is 0 Å². The Bertz CT molecular complexity index is 351. The largest absolute Gasteiger partial charge is 0.494 e. The highest BCUT2D eigenvalue weighted by Crippen LogP contribution is 2.18. The van der Waals surface area contributed by atoms with E-state index in [9.17, 15) is 0 Å². The van der Waals surface area contributed by atoms with E-state index in [1.54, 1.807) is 0 Å². The van der Waals surface area contributed by atoms with Crippen molar-refractivity contribution in [1.82, 2.24) is 5.32 Å². The summed E-state index contributed by atoms with van der Waals surface area (Å²) in [5, 5.41) is 3.49. The molecule has 0 aromatic heterocycles. The summed E-state index contributed by atoms with van der Waals surface area (Å²) in [6.45, 7) is 9.76.